The van der Waals surface area contributed by atoms with Crippen molar-refractivity contribution in [1.82, 2.24) is 15.1 Å². The van der Waals surface area contributed by atoms with E-state index in [1.807, 2.05) is 32.0 Å². The lowest BCUT2D eigenvalue weighted by molar-refractivity contribution is 0.628. The molecule has 0 saturated heterocycles. The van der Waals surface area contributed by atoms with E-state index in [9.17, 15) is 4.39 Å². The molecule has 0 aliphatic rings. The van der Waals surface area contributed by atoms with Gasteiger partial charge in [-0.3, -0.25) is 0 Å². The summed E-state index contributed by atoms with van der Waals surface area (Å²) >= 11 is 0. The van der Waals surface area contributed by atoms with Crippen LogP contribution in [0.5, 0.6) is 0 Å². The van der Waals surface area contributed by atoms with Crippen molar-refractivity contribution in [1.29, 1.82) is 0 Å². The van der Waals surface area contributed by atoms with E-state index in [1.54, 1.807) is 18.5 Å². The van der Waals surface area contributed by atoms with E-state index in [2.05, 4.69) is 15.2 Å². The number of aliphatic imine (C=N–C) groups is 1. The van der Waals surface area contributed by atoms with Crippen molar-refractivity contribution in [2.45, 2.75) is 6.92 Å². The second-order valence-electron chi connectivity index (χ2n) is 4.45. The normalized spacial score (nSPS) is 10.9. The molecular formula is C14H15FN4. The summed E-state index contributed by atoms with van der Waals surface area (Å²) in [5.74, 6) is 0.320. The lowest BCUT2D eigenvalue weighted by atomic mass is 10.1. The van der Waals surface area contributed by atoms with Crippen LogP contribution in [0.4, 0.5) is 10.2 Å². The molecule has 0 amide bonds. The molecule has 0 saturated carbocycles. The van der Waals surface area contributed by atoms with E-state index in [4.69, 9.17) is 0 Å². The van der Waals surface area contributed by atoms with Crippen LogP contribution in [-0.2, 0) is 0 Å². The Morgan fingerprint density at radius 3 is 2.42 bits per heavy atom. The van der Waals surface area contributed by atoms with Gasteiger partial charge < -0.3 is 4.90 Å². The molecule has 98 valence electrons. The Bertz CT molecular complexity index is 591. The molecule has 0 spiro atoms. The van der Waals surface area contributed by atoms with Crippen molar-refractivity contribution in [2.75, 3.05) is 14.1 Å². The first kappa shape index (κ1) is 13.1. The average molecular weight is 258 g/mol. The molecule has 1 aromatic heterocycles. The monoisotopic (exact) mass is 258 g/mol. The zero-order valence-corrected chi connectivity index (χ0v) is 11.1. The summed E-state index contributed by atoms with van der Waals surface area (Å²) in [4.78, 5) is 6.05. The van der Waals surface area contributed by atoms with Crippen LogP contribution in [0.3, 0.4) is 0 Å². The maximum absolute atomic E-state index is 12.9. The largest absolute Gasteiger partial charge is 0.369 e. The molecule has 0 fully saturated rings. The third-order valence-corrected chi connectivity index (χ3v) is 2.51. The van der Waals surface area contributed by atoms with Gasteiger partial charge in [0, 0.05) is 19.7 Å². The summed E-state index contributed by atoms with van der Waals surface area (Å²) in [6, 6.07) is 8.07. The maximum atomic E-state index is 12.9. The second-order valence-corrected chi connectivity index (χ2v) is 4.45. The zero-order chi connectivity index (χ0) is 13.8. The van der Waals surface area contributed by atoms with Crippen LogP contribution in [0.1, 0.15) is 5.56 Å². The first-order chi connectivity index (χ1) is 9.06. The molecule has 5 heteroatoms. The highest BCUT2D eigenvalue weighted by atomic mass is 19.1. The van der Waals surface area contributed by atoms with Gasteiger partial charge in [-0.1, -0.05) is 0 Å². The minimum absolute atomic E-state index is 0.263. The number of aromatic nitrogens is 2. The van der Waals surface area contributed by atoms with E-state index in [1.165, 1.54) is 12.1 Å². The van der Waals surface area contributed by atoms with Crippen LogP contribution in [-0.4, -0.2) is 35.5 Å². The number of rotatable bonds is 3. The van der Waals surface area contributed by atoms with Crippen molar-refractivity contribution < 1.29 is 4.39 Å². The molecule has 2 rings (SSSR count). The van der Waals surface area contributed by atoms with E-state index < -0.39 is 0 Å². The average Bonchev–Trinajstić information content (AvgIpc) is 2.38. The Kier molecular flexibility index (Phi) is 3.85. The van der Waals surface area contributed by atoms with E-state index in [-0.39, 0.29) is 5.82 Å². The van der Waals surface area contributed by atoms with Gasteiger partial charge in [-0.2, -0.15) is 0 Å². The highest BCUT2D eigenvalue weighted by Gasteiger charge is 2.04. The van der Waals surface area contributed by atoms with Gasteiger partial charge in [0.2, 0.25) is 0 Å². The first-order valence-corrected chi connectivity index (χ1v) is 5.87. The molecule has 0 aliphatic carbocycles. The third-order valence-electron chi connectivity index (χ3n) is 2.51. The minimum atomic E-state index is -0.263. The zero-order valence-electron chi connectivity index (χ0n) is 11.1. The number of aryl methyl sites for hydroxylation is 1. The predicted octanol–water partition coefficient (Wildman–Crippen LogP) is 2.81. The molecule has 0 N–H and O–H groups in total. The van der Waals surface area contributed by atoms with E-state index >= 15 is 0 Å². The molecule has 19 heavy (non-hydrogen) atoms. The minimum Gasteiger partial charge on any atom is -0.369 e. The molecule has 0 bridgehead atoms. The fourth-order valence-electron chi connectivity index (χ4n) is 1.54. The molecule has 0 unspecified atom stereocenters. The quantitative estimate of drug-likeness (QED) is 0.628. The molecule has 0 atom stereocenters. The second kappa shape index (κ2) is 5.56. The van der Waals surface area contributed by atoms with Crippen LogP contribution in [0, 0.1) is 12.7 Å². The number of benzene rings is 1. The lowest BCUT2D eigenvalue weighted by Crippen LogP contribution is -2.07. The van der Waals surface area contributed by atoms with E-state index in [0.717, 1.165) is 11.1 Å². The van der Waals surface area contributed by atoms with Crippen LogP contribution in [0.2, 0.25) is 0 Å². The van der Waals surface area contributed by atoms with Crippen LogP contribution in [0.15, 0.2) is 35.3 Å². The molecule has 2 aromatic rings. The van der Waals surface area contributed by atoms with Gasteiger partial charge >= 0.3 is 0 Å². The molecule has 0 radical (unpaired) electrons. The van der Waals surface area contributed by atoms with Crippen molar-refractivity contribution in [3.8, 4) is 11.3 Å². The molecule has 4 nitrogen and oxygen atoms in total. The van der Waals surface area contributed by atoms with Gasteiger partial charge in [-0.15, -0.1) is 10.2 Å². The highest BCUT2D eigenvalue weighted by molar-refractivity contribution is 5.64. The SMILES string of the molecule is Cc1cc(-c2ccc(F)cc2)nnc1/N=C\N(C)C. The molecule has 0 aliphatic heterocycles. The Balaban J connectivity index is 2.30. The fourth-order valence-corrected chi connectivity index (χ4v) is 1.54. The number of halogens is 1. The fraction of sp³-hybridized carbons (Fsp3) is 0.214. The molecular weight excluding hydrogens is 243 g/mol. The number of hydrogen-bond acceptors (Lipinski definition) is 3. The topological polar surface area (TPSA) is 41.4 Å². The number of nitrogens with zero attached hydrogens (tertiary/aromatic N) is 4. The predicted molar refractivity (Wildman–Crippen MR) is 74.0 cm³/mol. The summed E-state index contributed by atoms with van der Waals surface area (Å²) in [5.41, 5.74) is 2.47. The standard InChI is InChI=1S/C14H15FN4/c1-10-8-13(11-4-6-12(15)7-5-11)17-18-14(10)16-9-19(2)3/h4-9H,1-3H3/b16-9-. The van der Waals surface area contributed by atoms with Gasteiger partial charge in [0.05, 0.1) is 12.0 Å². The first-order valence-electron chi connectivity index (χ1n) is 5.87. The highest BCUT2D eigenvalue weighted by Crippen LogP contribution is 2.21. The summed E-state index contributed by atoms with van der Waals surface area (Å²) in [6.45, 7) is 1.92. The summed E-state index contributed by atoms with van der Waals surface area (Å²) in [6.07, 6.45) is 1.68. The Labute approximate surface area is 111 Å². The van der Waals surface area contributed by atoms with Gasteiger partial charge in [0.25, 0.3) is 0 Å². The Hall–Kier alpha value is -2.30. The van der Waals surface area contributed by atoms with Crippen molar-refractivity contribution >= 4 is 12.2 Å². The summed E-state index contributed by atoms with van der Waals surface area (Å²) in [5, 5.41) is 8.19. The smallest absolute Gasteiger partial charge is 0.178 e. The van der Waals surface area contributed by atoms with Gasteiger partial charge in [-0.25, -0.2) is 9.38 Å². The lowest BCUT2D eigenvalue weighted by Gasteiger charge is -2.05. The van der Waals surface area contributed by atoms with Crippen molar-refractivity contribution in [2.24, 2.45) is 4.99 Å². The summed E-state index contributed by atoms with van der Waals surface area (Å²) < 4.78 is 12.9. The summed E-state index contributed by atoms with van der Waals surface area (Å²) in [7, 11) is 3.78. The van der Waals surface area contributed by atoms with Crippen molar-refractivity contribution in [3.05, 3.63) is 41.7 Å². The maximum Gasteiger partial charge on any atom is 0.178 e. The Morgan fingerprint density at radius 1 is 1.16 bits per heavy atom. The van der Waals surface area contributed by atoms with Gasteiger partial charge in [-0.05, 0) is 42.8 Å². The van der Waals surface area contributed by atoms with E-state index in [0.29, 0.717) is 11.5 Å². The molecule has 1 aromatic carbocycles. The molecule has 1 heterocycles. The van der Waals surface area contributed by atoms with Crippen LogP contribution in [0.25, 0.3) is 11.3 Å². The third kappa shape index (κ3) is 3.34. The van der Waals surface area contributed by atoms with Crippen LogP contribution >= 0.6 is 0 Å². The van der Waals surface area contributed by atoms with Gasteiger partial charge in [0.1, 0.15) is 5.82 Å². The Morgan fingerprint density at radius 2 is 1.84 bits per heavy atom. The van der Waals surface area contributed by atoms with Gasteiger partial charge in [0.15, 0.2) is 5.82 Å². The van der Waals surface area contributed by atoms with Crippen molar-refractivity contribution in [3.63, 3.8) is 0 Å². The van der Waals surface area contributed by atoms with Crippen LogP contribution < -0.4 is 0 Å². The number of hydrogen-bond donors (Lipinski definition) is 0.